The molecule has 1 aliphatic heterocycles. The number of benzene rings is 1. The van der Waals surface area contributed by atoms with Crippen LogP contribution in [0, 0.1) is 5.92 Å². The highest BCUT2D eigenvalue weighted by Gasteiger charge is 2.32. The third kappa shape index (κ3) is 5.72. The van der Waals surface area contributed by atoms with E-state index >= 15 is 0 Å². The molecule has 1 aromatic carbocycles. The minimum absolute atomic E-state index is 0.0249. The van der Waals surface area contributed by atoms with E-state index in [0.717, 1.165) is 43.8 Å². The number of nitrogens with one attached hydrogen (secondary N) is 1. The lowest BCUT2D eigenvalue weighted by atomic mass is 9.98. The molecular formula is C20H32N2O3. The van der Waals surface area contributed by atoms with Gasteiger partial charge in [0, 0.05) is 38.2 Å². The summed E-state index contributed by atoms with van der Waals surface area (Å²) in [5.41, 5.74) is 1.99. The SMILES string of the molecule is CCC[C@H]1CN(Cc2ccc(OC(C)C)c(CO)c2)C[C@@H]1NC(C)=O. The molecule has 1 fully saturated rings. The van der Waals surface area contributed by atoms with Crippen LogP contribution in [0.5, 0.6) is 5.75 Å². The van der Waals surface area contributed by atoms with E-state index < -0.39 is 0 Å². The van der Waals surface area contributed by atoms with Crippen molar-refractivity contribution in [1.82, 2.24) is 10.2 Å². The highest BCUT2D eigenvalue weighted by molar-refractivity contribution is 5.73. The van der Waals surface area contributed by atoms with Crippen LogP contribution in [0.15, 0.2) is 18.2 Å². The van der Waals surface area contributed by atoms with Gasteiger partial charge in [0.2, 0.25) is 5.91 Å². The van der Waals surface area contributed by atoms with Gasteiger partial charge in [0.05, 0.1) is 12.7 Å². The number of carbonyl (C=O) groups excluding carboxylic acids is 1. The maximum atomic E-state index is 11.5. The molecule has 0 aliphatic carbocycles. The van der Waals surface area contributed by atoms with Gasteiger partial charge in [-0.2, -0.15) is 0 Å². The minimum Gasteiger partial charge on any atom is -0.491 e. The van der Waals surface area contributed by atoms with Crippen LogP contribution in [-0.4, -0.2) is 41.1 Å². The number of nitrogens with zero attached hydrogens (tertiary/aromatic N) is 1. The first kappa shape index (κ1) is 19.7. The number of rotatable bonds is 8. The van der Waals surface area contributed by atoms with Crippen molar-refractivity contribution < 1.29 is 14.6 Å². The maximum absolute atomic E-state index is 11.5. The molecule has 0 aromatic heterocycles. The van der Waals surface area contributed by atoms with E-state index in [2.05, 4.69) is 23.2 Å². The summed E-state index contributed by atoms with van der Waals surface area (Å²) in [5.74, 6) is 1.31. The van der Waals surface area contributed by atoms with Crippen LogP contribution in [0.4, 0.5) is 0 Å². The Kier molecular flexibility index (Phi) is 7.26. The first-order chi connectivity index (χ1) is 11.9. The van der Waals surface area contributed by atoms with Gasteiger partial charge in [-0.3, -0.25) is 9.69 Å². The van der Waals surface area contributed by atoms with Crippen molar-refractivity contribution in [1.29, 1.82) is 0 Å². The van der Waals surface area contributed by atoms with Crippen LogP contribution in [0.1, 0.15) is 51.7 Å². The predicted molar refractivity (Wildman–Crippen MR) is 99.4 cm³/mol. The lowest BCUT2D eigenvalue weighted by Crippen LogP contribution is -2.39. The standard InChI is InChI=1S/C20H32N2O3/c1-5-6-17-11-22(12-19(17)21-15(4)24)10-16-7-8-20(25-14(2)3)18(9-16)13-23/h7-9,14,17,19,23H,5-6,10-13H2,1-4H3,(H,21,24)/t17-,19-/m0/s1. The number of hydrogen-bond donors (Lipinski definition) is 2. The molecule has 0 bridgehead atoms. The number of aliphatic hydroxyl groups excluding tert-OH is 1. The van der Waals surface area contributed by atoms with E-state index in [1.54, 1.807) is 6.92 Å². The third-order valence-electron chi connectivity index (χ3n) is 4.63. The summed E-state index contributed by atoms with van der Waals surface area (Å²) in [5, 5.41) is 12.7. The molecular weight excluding hydrogens is 316 g/mol. The van der Waals surface area contributed by atoms with Crippen molar-refractivity contribution in [2.24, 2.45) is 5.92 Å². The minimum atomic E-state index is -0.0249. The summed E-state index contributed by atoms with van der Waals surface area (Å²) < 4.78 is 5.75. The van der Waals surface area contributed by atoms with E-state index in [9.17, 15) is 9.90 Å². The summed E-state index contributed by atoms with van der Waals surface area (Å²) in [4.78, 5) is 13.8. The topological polar surface area (TPSA) is 61.8 Å². The molecule has 1 heterocycles. The Bertz CT molecular complexity index is 574. The third-order valence-corrected chi connectivity index (χ3v) is 4.63. The second-order valence-corrected chi connectivity index (χ2v) is 7.32. The van der Waals surface area contributed by atoms with Gasteiger partial charge >= 0.3 is 0 Å². The van der Waals surface area contributed by atoms with Gasteiger partial charge in [0.1, 0.15) is 5.75 Å². The molecule has 0 saturated carbocycles. The molecule has 0 unspecified atom stereocenters. The van der Waals surface area contributed by atoms with Crippen LogP contribution in [0.25, 0.3) is 0 Å². The highest BCUT2D eigenvalue weighted by atomic mass is 16.5. The summed E-state index contributed by atoms with van der Waals surface area (Å²) in [6, 6.07) is 6.28. The van der Waals surface area contributed by atoms with E-state index in [1.807, 2.05) is 26.0 Å². The normalized spacial score (nSPS) is 20.9. The maximum Gasteiger partial charge on any atom is 0.217 e. The Morgan fingerprint density at radius 3 is 2.76 bits per heavy atom. The van der Waals surface area contributed by atoms with Gasteiger partial charge in [-0.15, -0.1) is 0 Å². The fraction of sp³-hybridized carbons (Fsp3) is 0.650. The van der Waals surface area contributed by atoms with Crippen LogP contribution >= 0.6 is 0 Å². The Morgan fingerprint density at radius 2 is 2.16 bits per heavy atom. The van der Waals surface area contributed by atoms with Gasteiger partial charge in [-0.25, -0.2) is 0 Å². The molecule has 5 heteroatoms. The Balaban J connectivity index is 2.04. The molecule has 0 radical (unpaired) electrons. The summed E-state index contributed by atoms with van der Waals surface area (Å²) in [6.07, 6.45) is 2.34. The summed E-state index contributed by atoms with van der Waals surface area (Å²) in [7, 11) is 0. The lowest BCUT2D eigenvalue weighted by Gasteiger charge is -2.18. The number of likely N-dealkylation sites (tertiary alicyclic amines) is 1. The zero-order chi connectivity index (χ0) is 18.4. The van der Waals surface area contributed by atoms with Crippen LogP contribution in [0.2, 0.25) is 0 Å². The molecule has 5 nitrogen and oxygen atoms in total. The van der Waals surface area contributed by atoms with Crippen LogP contribution in [-0.2, 0) is 17.9 Å². The van der Waals surface area contributed by atoms with E-state index in [-0.39, 0.29) is 24.7 Å². The summed E-state index contributed by atoms with van der Waals surface area (Å²) >= 11 is 0. The molecule has 2 atom stereocenters. The van der Waals surface area contributed by atoms with Gasteiger partial charge in [0.25, 0.3) is 0 Å². The first-order valence-electron chi connectivity index (χ1n) is 9.31. The number of ether oxygens (including phenoxy) is 1. The van der Waals surface area contributed by atoms with Crippen LogP contribution < -0.4 is 10.1 Å². The van der Waals surface area contributed by atoms with Crippen molar-refractivity contribution in [2.45, 2.75) is 65.8 Å². The highest BCUT2D eigenvalue weighted by Crippen LogP contribution is 2.26. The fourth-order valence-corrected chi connectivity index (χ4v) is 3.66. The monoisotopic (exact) mass is 348 g/mol. The molecule has 25 heavy (non-hydrogen) atoms. The lowest BCUT2D eigenvalue weighted by molar-refractivity contribution is -0.119. The molecule has 1 aliphatic rings. The molecule has 2 N–H and O–H groups in total. The second-order valence-electron chi connectivity index (χ2n) is 7.32. The molecule has 140 valence electrons. The Morgan fingerprint density at radius 1 is 1.40 bits per heavy atom. The fourth-order valence-electron chi connectivity index (χ4n) is 3.66. The van der Waals surface area contributed by atoms with Crippen molar-refractivity contribution >= 4 is 5.91 Å². The van der Waals surface area contributed by atoms with Gasteiger partial charge in [0.15, 0.2) is 0 Å². The van der Waals surface area contributed by atoms with Crippen molar-refractivity contribution in [3.8, 4) is 5.75 Å². The zero-order valence-corrected chi connectivity index (χ0v) is 15.9. The smallest absolute Gasteiger partial charge is 0.217 e. The molecule has 2 rings (SSSR count). The molecule has 1 saturated heterocycles. The van der Waals surface area contributed by atoms with Crippen molar-refractivity contribution in [2.75, 3.05) is 13.1 Å². The number of aliphatic hydroxyl groups is 1. The van der Waals surface area contributed by atoms with Gasteiger partial charge in [-0.1, -0.05) is 19.4 Å². The molecule has 1 amide bonds. The Labute approximate surface area is 151 Å². The van der Waals surface area contributed by atoms with Crippen molar-refractivity contribution in [3.05, 3.63) is 29.3 Å². The predicted octanol–water partition coefficient (Wildman–Crippen LogP) is 2.70. The largest absolute Gasteiger partial charge is 0.491 e. The van der Waals surface area contributed by atoms with E-state index in [4.69, 9.17) is 4.74 Å². The molecule has 0 spiro atoms. The average Bonchev–Trinajstić information content (AvgIpc) is 2.89. The van der Waals surface area contributed by atoms with E-state index in [1.165, 1.54) is 5.56 Å². The quantitative estimate of drug-likeness (QED) is 0.758. The Hall–Kier alpha value is -1.59. The zero-order valence-electron chi connectivity index (χ0n) is 15.9. The first-order valence-corrected chi connectivity index (χ1v) is 9.31. The van der Waals surface area contributed by atoms with Crippen LogP contribution in [0.3, 0.4) is 0 Å². The van der Waals surface area contributed by atoms with Gasteiger partial charge in [-0.05, 0) is 43.9 Å². The average molecular weight is 348 g/mol. The number of carbonyl (C=O) groups is 1. The van der Waals surface area contributed by atoms with Gasteiger partial charge < -0.3 is 15.2 Å². The number of amides is 1. The second kappa shape index (κ2) is 9.20. The van der Waals surface area contributed by atoms with Crippen molar-refractivity contribution in [3.63, 3.8) is 0 Å². The van der Waals surface area contributed by atoms with E-state index in [0.29, 0.717) is 5.92 Å². The molecule has 1 aromatic rings. The number of hydrogen-bond acceptors (Lipinski definition) is 4. The summed E-state index contributed by atoms with van der Waals surface area (Å²) in [6.45, 7) is 10.4.